The predicted octanol–water partition coefficient (Wildman–Crippen LogP) is 3.14. The van der Waals surface area contributed by atoms with Crippen LogP contribution >= 0.6 is 0 Å². The zero-order chi connectivity index (χ0) is 13.1. The van der Waals surface area contributed by atoms with E-state index >= 15 is 0 Å². The molecule has 1 unspecified atom stereocenters. The largest absolute Gasteiger partial charge is 0.304 e. The summed E-state index contributed by atoms with van der Waals surface area (Å²) < 4.78 is 1.87. The Hall–Kier alpha value is -1.61. The Labute approximate surface area is 109 Å². The topological polar surface area (TPSA) is 29.9 Å². The maximum absolute atomic E-state index is 4.39. The van der Waals surface area contributed by atoms with Crippen molar-refractivity contribution >= 4 is 0 Å². The van der Waals surface area contributed by atoms with Crippen molar-refractivity contribution in [3.63, 3.8) is 0 Å². The monoisotopic (exact) mass is 243 g/mol. The number of nitrogens with zero attached hydrogens (tertiary/aromatic N) is 2. The minimum Gasteiger partial charge on any atom is -0.304 e. The third-order valence-corrected chi connectivity index (χ3v) is 3.32. The molecule has 1 aromatic carbocycles. The van der Waals surface area contributed by atoms with E-state index in [0.717, 1.165) is 5.69 Å². The van der Waals surface area contributed by atoms with Gasteiger partial charge in [0.1, 0.15) is 0 Å². The lowest BCUT2D eigenvalue weighted by Gasteiger charge is -2.20. The van der Waals surface area contributed by atoms with E-state index < -0.39 is 0 Å². The normalized spacial score (nSPS) is 14.4. The molecule has 2 rings (SSSR count). The number of rotatable bonds is 4. The van der Waals surface area contributed by atoms with Gasteiger partial charge in [0, 0.05) is 30.9 Å². The molecule has 3 heteroatoms. The van der Waals surface area contributed by atoms with E-state index in [4.69, 9.17) is 0 Å². The average molecular weight is 243 g/mol. The first-order valence-electron chi connectivity index (χ1n) is 6.39. The molecule has 1 aromatic heterocycles. The smallest absolute Gasteiger partial charge is 0.0641 e. The van der Waals surface area contributed by atoms with Crippen LogP contribution in [0.4, 0.5) is 0 Å². The highest BCUT2D eigenvalue weighted by atomic mass is 15.3. The van der Waals surface area contributed by atoms with Crippen LogP contribution in [0.2, 0.25) is 0 Å². The minimum atomic E-state index is 0.300. The van der Waals surface area contributed by atoms with Crippen LogP contribution in [0.15, 0.2) is 36.5 Å². The molecule has 18 heavy (non-hydrogen) atoms. The molecule has 0 aliphatic heterocycles. The molecule has 0 spiro atoms. The molecule has 0 radical (unpaired) electrons. The van der Waals surface area contributed by atoms with Crippen molar-refractivity contribution in [2.75, 3.05) is 0 Å². The average Bonchev–Trinajstić information content (AvgIpc) is 2.69. The molecule has 96 valence electrons. The molecule has 0 saturated heterocycles. The second-order valence-electron chi connectivity index (χ2n) is 4.86. The van der Waals surface area contributed by atoms with Crippen LogP contribution in [-0.2, 0) is 7.05 Å². The van der Waals surface area contributed by atoms with Gasteiger partial charge in [-0.15, -0.1) is 0 Å². The lowest BCUT2D eigenvalue weighted by Crippen LogP contribution is -2.22. The number of hydrogen-bond donors (Lipinski definition) is 1. The van der Waals surface area contributed by atoms with Crippen molar-refractivity contribution in [1.29, 1.82) is 0 Å². The van der Waals surface area contributed by atoms with Gasteiger partial charge in [-0.05, 0) is 26.3 Å². The van der Waals surface area contributed by atoms with Gasteiger partial charge in [-0.25, -0.2) is 0 Å². The van der Waals surface area contributed by atoms with Crippen LogP contribution < -0.4 is 5.32 Å². The molecular weight excluding hydrogens is 222 g/mol. The van der Waals surface area contributed by atoms with E-state index in [1.807, 2.05) is 17.8 Å². The molecule has 0 bridgehead atoms. The molecule has 2 atom stereocenters. The number of nitrogens with one attached hydrogen (secondary N) is 1. The summed E-state index contributed by atoms with van der Waals surface area (Å²) in [6.07, 6.45) is 2.09. The van der Waals surface area contributed by atoms with Crippen LogP contribution in [0, 0.1) is 6.92 Å². The molecule has 0 aliphatic carbocycles. The summed E-state index contributed by atoms with van der Waals surface area (Å²) in [7, 11) is 1.96. The first-order chi connectivity index (χ1) is 8.58. The molecule has 0 aliphatic rings. The maximum Gasteiger partial charge on any atom is 0.0641 e. The fraction of sp³-hybridized carbons (Fsp3) is 0.400. The Kier molecular flexibility index (Phi) is 3.82. The van der Waals surface area contributed by atoms with Crippen molar-refractivity contribution in [1.82, 2.24) is 15.1 Å². The van der Waals surface area contributed by atoms with Crippen LogP contribution in [0.5, 0.6) is 0 Å². The SMILES string of the molecule is Cc1nn(C)cc1C(C)N[C@@H](C)c1ccccc1. The summed E-state index contributed by atoms with van der Waals surface area (Å²) >= 11 is 0. The van der Waals surface area contributed by atoms with Crippen LogP contribution in [0.1, 0.15) is 42.8 Å². The lowest BCUT2D eigenvalue weighted by atomic mass is 10.1. The molecule has 0 amide bonds. The number of aryl methyl sites for hydroxylation is 2. The van der Waals surface area contributed by atoms with Gasteiger partial charge >= 0.3 is 0 Å². The van der Waals surface area contributed by atoms with Crippen molar-refractivity contribution in [3.05, 3.63) is 53.3 Å². The zero-order valence-electron chi connectivity index (χ0n) is 11.5. The van der Waals surface area contributed by atoms with Gasteiger partial charge in [0.05, 0.1) is 5.69 Å². The first-order valence-corrected chi connectivity index (χ1v) is 6.39. The fourth-order valence-electron chi connectivity index (χ4n) is 2.35. The Morgan fingerprint density at radius 3 is 2.33 bits per heavy atom. The van der Waals surface area contributed by atoms with E-state index in [0.29, 0.717) is 12.1 Å². The Morgan fingerprint density at radius 2 is 1.78 bits per heavy atom. The highest BCUT2D eigenvalue weighted by molar-refractivity contribution is 5.22. The van der Waals surface area contributed by atoms with E-state index in [2.05, 4.69) is 61.6 Å². The van der Waals surface area contributed by atoms with Crippen molar-refractivity contribution in [2.45, 2.75) is 32.9 Å². The second-order valence-corrected chi connectivity index (χ2v) is 4.86. The van der Waals surface area contributed by atoms with Gasteiger partial charge < -0.3 is 5.32 Å². The van der Waals surface area contributed by atoms with Gasteiger partial charge in [-0.2, -0.15) is 5.10 Å². The van der Waals surface area contributed by atoms with Crippen LogP contribution in [0.3, 0.4) is 0 Å². The third kappa shape index (κ3) is 2.79. The highest BCUT2D eigenvalue weighted by Crippen LogP contribution is 2.20. The minimum absolute atomic E-state index is 0.300. The van der Waals surface area contributed by atoms with E-state index in [-0.39, 0.29) is 0 Å². The molecule has 3 nitrogen and oxygen atoms in total. The molecule has 2 aromatic rings. The maximum atomic E-state index is 4.39. The highest BCUT2D eigenvalue weighted by Gasteiger charge is 2.14. The lowest BCUT2D eigenvalue weighted by molar-refractivity contribution is 0.493. The van der Waals surface area contributed by atoms with Crippen LogP contribution in [0.25, 0.3) is 0 Å². The van der Waals surface area contributed by atoms with Crippen molar-refractivity contribution in [3.8, 4) is 0 Å². The molecular formula is C15H21N3. The number of hydrogen-bond acceptors (Lipinski definition) is 2. The van der Waals surface area contributed by atoms with Gasteiger partial charge in [0.25, 0.3) is 0 Å². The molecule has 1 heterocycles. The number of benzene rings is 1. The summed E-state index contributed by atoms with van der Waals surface area (Å²) in [5.74, 6) is 0. The van der Waals surface area contributed by atoms with E-state index in [1.54, 1.807) is 0 Å². The summed E-state index contributed by atoms with van der Waals surface area (Å²) in [5.41, 5.74) is 3.67. The van der Waals surface area contributed by atoms with Gasteiger partial charge in [-0.3, -0.25) is 4.68 Å². The zero-order valence-corrected chi connectivity index (χ0v) is 11.5. The summed E-state index contributed by atoms with van der Waals surface area (Å²) in [5, 5.41) is 8.00. The Balaban J connectivity index is 2.08. The summed E-state index contributed by atoms with van der Waals surface area (Å²) in [6, 6.07) is 11.1. The van der Waals surface area contributed by atoms with Gasteiger partial charge in [0.2, 0.25) is 0 Å². The quantitative estimate of drug-likeness (QED) is 0.894. The van der Waals surface area contributed by atoms with Gasteiger partial charge in [0.15, 0.2) is 0 Å². The molecule has 0 saturated carbocycles. The first kappa shape index (κ1) is 12.8. The second kappa shape index (κ2) is 5.36. The van der Waals surface area contributed by atoms with E-state index in [9.17, 15) is 0 Å². The van der Waals surface area contributed by atoms with Crippen molar-refractivity contribution < 1.29 is 0 Å². The number of aromatic nitrogens is 2. The van der Waals surface area contributed by atoms with Crippen LogP contribution in [-0.4, -0.2) is 9.78 Å². The fourth-order valence-corrected chi connectivity index (χ4v) is 2.35. The molecule has 1 N–H and O–H groups in total. The van der Waals surface area contributed by atoms with Crippen molar-refractivity contribution in [2.24, 2.45) is 7.05 Å². The molecule has 0 fully saturated rings. The predicted molar refractivity (Wildman–Crippen MR) is 74.4 cm³/mol. The summed E-state index contributed by atoms with van der Waals surface area (Å²) in [6.45, 7) is 6.43. The Morgan fingerprint density at radius 1 is 1.11 bits per heavy atom. The summed E-state index contributed by atoms with van der Waals surface area (Å²) in [4.78, 5) is 0. The standard InChI is InChI=1S/C15H21N3/c1-11(14-8-6-5-7-9-14)16-12(2)15-10-18(4)17-13(15)3/h5-12,16H,1-4H3/t11-,12?/m0/s1. The third-order valence-electron chi connectivity index (χ3n) is 3.32. The van der Waals surface area contributed by atoms with Gasteiger partial charge in [-0.1, -0.05) is 30.3 Å². The Bertz CT molecular complexity index is 502. The van der Waals surface area contributed by atoms with E-state index in [1.165, 1.54) is 11.1 Å².